The number of halogens is 2. The SMILES string of the molecule is O=S(Cc1ccccc1)Cc1cccc(OC(F)F)c1. The molecular weight excluding hydrogens is 282 g/mol. The van der Waals surface area contributed by atoms with Crippen LogP contribution in [0.3, 0.4) is 0 Å². The highest BCUT2D eigenvalue weighted by Gasteiger charge is 2.07. The van der Waals surface area contributed by atoms with Crippen LogP contribution in [-0.4, -0.2) is 10.8 Å². The van der Waals surface area contributed by atoms with Gasteiger partial charge in [0.25, 0.3) is 0 Å². The third-order valence-electron chi connectivity index (χ3n) is 2.62. The quantitative estimate of drug-likeness (QED) is 0.812. The monoisotopic (exact) mass is 296 g/mol. The Morgan fingerprint density at radius 3 is 2.30 bits per heavy atom. The zero-order chi connectivity index (χ0) is 14.4. The van der Waals surface area contributed by atoms with Gasteiger partial charge in [0.05, 0.1) is 0 Å². The minimum atomic E-state index is -2.85. The summed E-state index contributed by atoms with van der Waals surface area (Å²) in [6, 6.07) is 15.8. The van der Waals surface area contributed by atoms with Crippen molar-refractivity contribution in [2.75, 3.05) is 0 Å². The van der Waals surface area contributed by atoms with Gasteiger partial charge in [0.15, 0.2) is 0 Å². The maximum absolute atomic E-state index is 12.1. The minimum Gasteiger partial charge on any atom is -0.435 e. The molecule has 2 aromatic rings. The van der Waals surface area contributed by atoms with E-state index in [9.17, 15) is 13.0 Å². The predicted octanol–water partition coefficient (Wildman–Crippen LogP) is 3.74. The van der Waals surface area contributed by atoms with E-state index in [2.05, 4.69) is 4.74 Å². The smallest absolute Gasteiger partial charge is 0.387 e. The zero-order valence-corrected chi connectivity index (χ0v) is 11.5. The van der Waals surface area contributed by atoms with E-state index in [1.54, 1.807) is 12.1 Å². The fourth-order valence-electron chi connectivity index (χ4n) is 1.81. The van der Waals surface area contributed by atoms with Crippen LogP contribution in [0.5, 0.6) is 5.75 Å². The highest BCUT2D eigenvalue weighted by molar-refractivity contribution is 7.83. The molecule has 1 atom stereocenters. The van der Waals surface area contributed by atoms with Crippen molar-refractivity contribution in [3.63, 3.8) is 0 Å². The lowest BCUT2D eigenvalue weighted by Crippen LogP contribution is -2.03. The first-order valence-electron chi connectivity index (χ1n) is 6.06. The molecule has 0 amide bonds. The first-order chi connectivity index (χ1) is 9.63. The molecule has 0 aromatic heterocycles. The van der Waals surface area contributed by atoms with Gasteiger partial charge in [-0.2, -0.15) is 8.78 Å². The van der Waals surface area contributed by atoms with E-state index in [4.69, 9.17) is 0 Å². The number of ether oxygens (including phenoxy) is 1. The summed E-state index contributed by atoms with van der Waals surface area (Å²) in [5.74, 6) is 0.852. The van der Waals surface area contributed by atoms with Crippen LogP contribution in [0.2, 0.25) is 0 Å². The molecule has 2 nitrogen and oxygen atoms in total. The van der Waals surface area contributed by atoms with Crippen LogP contribution in [0.25, 0.3) is 0 Å². The Morgan fingerprint density at radius 1 is 0.950 bits per heavy atom. The second-order valence-corrected chi connectivity index (χ2v) is 5.70. The Hall–Kier alpha value is -1.75. The summed E-state index contributed by atoms with van der Waals surface area (Å²) in [4.78, 5) is 0. The summed E-state index contributed by atoms with van der Waals surface area (Å²) in [5, 5.41) is 0. The number of rotatable bonds is 6. The van der Waals surface area contributed by atoms with Crippen LogP contribution >= 0.6 is 0 Å². The summed E-state index contributed by atoms with van der Waals surface area (Å²) in [7, 11) is -1.09. The molecule has 0 saturated carbocycles. The Balaban J connectivity index is 1.97. The standard InChI is InChI=1S/C15H14F2O2S/c16-15(17)19-14-8-4-7-13(9-14)11-20(18)10-12-5-2-1-3-6-12/h1-9,15H,10-11H2. The lowest BCUT2D eigenvalue weighted by atomic mass is 10.2. The molecule has 5 heteroatoms. The van der Waals surface area contributed by atoms with E-state index in [0.717, 1.165) is 11.1 Å². The molecule has 2 aromatic carbocycles. The van der Waals surface area contributed by atoms with Crippen molar-refractivity contribution in [2.24, 2.45) is 0 Å². The molecule has 0 heterocycles. The molecule has 0 aliphatic rings. The molecule has 20 heavy (non-hydrogen) atoms. The summed E-state index contributed by atoms with van der Waals surface area (Å²) in [6.45, 7) is -2.85. The highest BCUT2D eigenvalue weighted by atomic mass is 32.2. The predicted molar refractivity (Wildman–Crippen MR) is 75.1 cm³/mol. The lowest BCUT2D eigenvalue weighted by Gasteiger charge is -2.07. The number of hydrogen-bond donors (Lipinski definition) is 0. The molecule has 0 fully saturated rings. The minimum absolute atomic E-state index is 0.0919. The fourth-order valence-corrected chi connectivity index (χ4v) is 3.03. The number of hydrogen-bond acceptors (Lipinski definition) is 2. The molecule has 0 spiro atoms. The molecule has 0 bridgehead atoms. The molecule has 0 radical (unpaired) electrons. The largest absolute Gasteiger partial charge is 0.435 e. The van der Waals surface area contributed by atoms with Gasteiger partial charge >= 0.3 is 6.61 Å². The summed E-state index contributed by atoms with van der Waals surface area (Å²) in [6.07, 6.45) is 0. The van der Waals surface area contributed by atoms with Crippen molar-refractivity contribution in [3.05, 3.63) is 65.7 Å². The summed E-state index contributed by atoms with van der Waals surface area (Å²) >= 11 is 0. The molecule has 0 N–H and O–H groups in total. The van der Waals surface area contributed by atoms with E-state index in [0.29, 0.717) is 11.5 Å². The summed E-state index contributed by atoms with van der Waals surface area (Å²) < 4.78 is 40.6. The molecule has 1 unspecified atom stereocenters. The van der Waals surface area contributed by atoms with E-state index < -0.39 is 17.4 Å². The lowest BCUT2D eigenvalue weighted by molar-refractivity contribution is -0.0498. The second-order valence-electron chi connectivity index (χ2n) is 4.24. The van der Waals surface area contributed by atoms with Crippen molar-refractivity contribution in [1.29, 1.82) is 0 Å². The third-order valence-corrected chi connectivity index (χ3v) is 3.93. The van der Waals surface area contributed by atoms with Crippen LogP contribution in [-0.2, 0) is 22.3 Å². The number of benzene rings is 2. The molecular formula is C15H14F2O2S. The van der Waals surface area contributed by atoms with Gasteiger partial charge in [0.1, 0.15) is 5.75 Å². The van der Waals surface area contributed by atoms with Crippen molar-refractivity contribution in [1.82, 2.24) is 0 Å². The van der Waals surface area contributed by atoms with E-state index in [1.807, 2.05) is 30.3 Å². The first kappa shape index (κ1) is 14.7. The van der Waals surface area contributed by atoms with Gasteiger partial charge in [-0.05, 0) is 23.3 Å². The molecule has 0 aliphatic carbocycles. The third kappa shape index (κ3) is 4.74. The van der Waals surface area contributed by atoms with Crippen molar-refractivity contribution in [2.45, 2.75) is 18.1 Å². The van der Waals surface area contributed by atoms with Crippen LogP contribution < -0.4 is 4.74 Å². The van der Waals surface area contributed by atoms with Gasteiger partial charge in [0.2, 0.25) is 0 Å². The normalized spacial score (nSPS) is 12.3. The van der Waals surface area contributed by atoms with Gasteiger partial charge in [-0.3, -0.25) is 4.21 Å². The van der Waals surface area contributed by atoms with Crippen molar-refractivity contribution < 1.29 is 17.7 Å². The topological polar surface area (TPSA) is 26.3 Å². The van der Waals surface area contributed by atoms with Crippen molar-refractivity contribution >= 4 is 10.8 Å². The van der Waals surface area contributed by atoms with E-state index in [-0.39, 0.29) is 5.75 Å². The summed E-state index contributed by atoms with van der Waals surface area (Å²) in [5.41, 5.74) is 1.71. The van der Waals surface area contributed by atoms with Gasteiger partial charge in [-0.1, -0.05) is 42.5 Å². The second kappa shape index (κ2) is 7.14. The Labute approximate surface area is 118 Å². The van der Waals surface area contributed by atoms with Gasteiger partial charge in [0, 0.05) is 22.3 Å². The van der Waals surface area contributed by atoms with Gasteiger partial charge < -0.3 is 4.74 Å². The van der Waals surface area contributed by atoms with Crippen LogP contribution in [0.15, 0.2) is 54.6 Å². The Bertz CT molecular complexity index is 573. The molecule has 106 valence electrons. The molecule has 0 saturated heterocycles. The maximum atomic E-state index is 12.1. The zero-order valence-electron chi connectivity index (χ0n) is 10.7. The molecule has 2 rings (SSSR count). The van der Waals surface area contributed by atoms with Crippen LogP contribution in [0.1, 0.15) is 11.1 Å². The first-order valence-corrected chi connectivity index (χ1v) is 7.55. The Morgan fingerprint density at radius 2 is 1.60 bits per heavy atom. The fraction of sp³-hybridized carbons (Fsp3) is 0.200. The number of alkyl halides is 2. The molecule has 0 aliphatic heterocycles. The van der Waals surface area contributed by atoms with Crippen molar-refractivity contribution in [3.8, 4) is 5.75 Å². The van der Waals surface area contributed by atoms with E-state index >= 15 is 0 Å². The Kier molecular flexibility index (Phi) is 5.24. The van der Waals surface area contributed by atoms with Crippen LogP contribution in [0, 0.1) is 0 Å². The average molecular weight is 296 g/mol. The van der Waals surface area contributed by atoms with Gasteiger partial charge in [-0.15, -0.1) is 0 Å². The average Bonchev–Trinajstić information content (AvgIpc) is 2.39. The van der Waals surface area contributed by atoms with Crippen LogP contribution in [0.4, 0.5) is 8.78 Å². The van der Waals surface area contributed by atoms with Gasteiger partial charge in [-0.25, -0.2) is 0 Å². The highest BCUT2D eigenvalue weighted by Crippen LogP contribution is 2.17. The maximum Gasteiger partial charge on any atom is 0.387 e. The van der Waals surface area contributed by atoms with E-state index in [1.165, 1.54) is 12.1 Å².